The van der Waals surface area contributed by atoms with Crippen molar-refractivity contribution < 1.29 is 0 Å². The van der Waals surface area contributed by atoms with Crippen LogP contribution in [0.4, 0.5) is 0 Å². The number of hydrogen-bond acceptors (Lipinski definition) is 2. The van der Waals surface area contributed by atoms with Crippen LogP contribution in [0.25, 0.3) is 0 Å². The van der Waals surface area contributed by atoms with Crippen molar-refractivity contribution >= 4 is 11.8 Å². The maximum Gasteiger partial charge on any atom is 0.0141 e. The molecular formula is C17H25NS. The Bertz CT molecular complexity index is 420. The van der Waals surface area contributed by atoms with Gasteiger partial charge in [-0.15, -0.1) is 11.8 Å². The molecule has 2 N–H and O–H groups in total. The van der Waals surface area contributed by atoms with Crippen LogP contribution in [-0.2, 0) is 6.42 Å². The van der Waals surface area contributed by atoms with Crippen molar-refractivity contribution in [1.82, 2.24) is 0 Å². The predicted octanol–water partition coefficient (Wildman–Crippen LogP) is 4.25. The van der Waals surface area contributed by atoms with Crippen LogP contribution in [0.5, 0.6) is 0 Å². The summed E-state index contributed by atoms with van der Waals surface area (Å²) in [5, 5.41) is 0.761. The minimum Gasteiger partial charge on any atom is -0.330 e. The molecule has 0 spiro atoms. The van der Waals surface area contributed by atoms with E-state index in [4.69, 9.17) is 5.73 Å². The third-order valence-electron chi connectivity index (χ3n) is 5.19. The van der Waals surface area contributed by atoms with E-state index in [0.717, 1.165) is 17.7 Å². The zero-order valence-electron chi connectivity index (χ0n) is 11.9. The summed E-state index contributed by atoms with van der Waals surface area (Å²) in [5.74, 6) is 0.928. The van der Waals surface area contributed by atoms with E-state index in [1.165, 1.54) is 43.4 Å². The lowest BCUT2D eigenvalue weighted by Crippen LogP contribution is -2.31. The minimum atomic E-state index is 0.445. The van der Waals surface area contributed by atoms with Crippen molar-refractivity contribution in [1.29, 1.82) is 0 Å². The normalized spacial score (nSPS) is 33.6. The summed E-state index contributed by atoms with van der Waals surface area (Å²) in [7, 11) is 0. The molecule has 3 atom stereocenters. The lowest BCUT2D eigenvalue weighted by molar-refractivity contribution is 0.267. The van der Waals surface area contributed by atoms with E-state index in [1.807, 2.05) is 0 Å². The Kier molecular flexibility index (Phi) is 3.91. The standard InChI is InChI=1S/C17H25NS/c1-2-13-7-8-17(10-13,12-18)11-15-9-14-5-3-4-6-16(14)19-15/h3-6,13,15H,2,7-12,18H2,1H3. The summed E-state index contributed by atoms with van der Waals surface area (Å²) in [6.45, 7) is 3.22. The molecular weight excluding hydrogens is 250 g/mol. The first-order valence-electron chi connectivity index (χ1n) is 7.69. The molecule has 3 rings (SSSR count). The molecule has 0 bridgehead atoms. The van der Waals surface area contributed by atoms with Gasteiger partial charge in [0.2, 0.25) is 0 Å². The van der Waals surface area contributed by atoms with Crippen molar-refractivity contribution in [2.45, 2.75) is 55.6 Å². The number of hydrogen-bond donors (Lipinski definition) is 1. The van der Waals surface area contributed by atoms with Gasteiger partial charge in [-0.3, -0.25) is 0 Å². The average molecular weight is 275 g/mol. The van der Waals surface area contributed by atoms with E-state index in [1.54, 1.807) is 5.56 Å². The van der Waals surface area contributed by atoms with Crippen LogP contribution in [0.1, 0.15) is 44.6 Å². The summed E-state index contributed by atoms with van der Waals surface area (Å²) in [5.41, 5.74) is 8.16. The molecule has 0 aromatic heterocycles. The van der Waals surface area contributed by atoms with Crippen molar-refractivity contribution in [3.8, 4) is 0 Å². The molecule has 1 aliphatic carbocycles. The smallest absolute Gasteiger partial charge is 0.0141 e. The molecule has 0 saturated heterocycles. The largest absolute Gasteiger partial charge is 0.330 e. The summed E-state index contributed by atoms with van der Waals surface area (Å²) < 4.78 is 0. The zero-order chi connectivity index (χ0) is 13.3. The van der Waals surface area contributed by atoms with E-state index in [2.05, 4.69) is 43.0 Å². The molecule has 0 radical (unpaired) electrons. The van der Waals surface area contributed by atoms with Gasteiger partial charge in [0, 0.05) is 10.1 Å². The average Bonchev–Trinajstić information content (AvgIpc) is 3.02. The van der Waals surface area contributed by atoms with Gasteiger partial charge in [0.25, 0.3) is 0 Å². The van der Waals surface area contributed by atoms with Crippen LogP contribution >= 0.6 is 11.8 Å². The first-order valence-corrected chi connectivity index (χ1v) is 8.57. The van der Waals surface area contributed by atoms with Crippen LogP contribution in [0.15, 0.2) is 29.2 Å². The lowest BCUT2D eigenvalue weighted by Gasteiger charge is -2.30. The summed E-state index contributed by atoms with van der Waals surface area (Å²) in [4.78, 5) is 1.50. The summed E-state index contributed by atoms with van der Waals surface area (Å²) >= 11 is 2.09. The van der Waals surface area contributed by atoms with Gasteiger partial charge in [-0.1, -0.05) is 31.5 Å². The first kappa shape index (κ1) is 13.5. The highest BCUT2D eigenvalue weighted by molar-refractivity contribution is 8.00. The van der Waals surface area contributed by atoms with Crippen LogP contribution in [0.2, 0.25) is 0 Å². The molecule has 1 nitrogen and oxygen atoms in total. The minimum absolute atomic E-state index is 0.445. The van der Waals surface area contributed by atoms with Crippen LogP contribution < -0.4 is 5.73 Å². The Morgan fingerprint density at radius 3 is 2.89 bits per heavy atom. The molecule has 2 heteroatoms. The van der Waals surface area contributed by atoms with Gasteiger partial charge in [-0.25, -0.2) is 0 Å². The Morgan fingerprint density at radius 1 is 1.37 bits per heavy atom. The Morgan fingerprint density at radius 2 is 2.21 bits per heavy atom. The van der Waals surface area contributed by atoms with E-state index in [-0.39, 0.29) is 0 Å². The molecule has 1 aromatic rings. The van der Waals surface area contributed by atoms with Gasteiger partial charge < -0.3 is 5.73 Å². The topological polar surface area (TPSA) is 26.0 Å². The summed E-state index contributed by atoms with van der Waals surface area (Å²) in [6.07, 6.45) is 8.03. The fourth-order valence-electron chi connectivity index (χ4n) is 3.98. The molecule has 1 saturated carbocycles. The van der Waals surface area contributed by atoms with E-state index in [9.17, 15) is 0 Å². The van der Waals surface area contributed by atoms with Crippen molar-refractivity contribution in [2.24, 2.45) is 17.1 Å². The highest BCUT2D eigenvalue weighted by Crippen LogP contribution is 2.50. The molecule has 1 aromatic carbocycles. The maximum absolute atomic E-state index is 6.16. The van der Waals surface area contributed by atoms with Gasteiger partial charge in [-0.2, -0.15) is 0 Å². The van der Waals surface area contributed by atoms with Gasteiger partial charge in [0.15, 0.2) is 0 Å². The Hall–Kier alpha value is -0.470. The lowest BCUT2D eigenvalue weighted by atomic mass is 9.79. The monoisotopic (exact) mass is 275 g/mol. The fraction of sp³-hybridized carbons (Fsp3) is 0.647. The van der Waals surface area contributed by atoms with Crippen LogP contribution in [0.3, 0.4) is 0 Å². The third-order valence-corrected chi connectivity index (χ3v) is 6.51. The second-order valence-electron chi connectivity index (χ2n) is 6.48. The Labute approximate surface area is 121 Å². The molecule has 2 aliphatic rings. The van der Waals surface area contributed by atoms with E-state index < -0.39 is 0 Å². The zero-order valence-corrected chi connectivity index (χ0v) is 12.7. The fourth-order valence-corrected chi connectivity index (χ4v) is 5.50. The quantitative estimate of drug-likeness (QED) is 0.889. The molecule has 1 heterocycles. The number of benzene rings is 1. The van der Waals surface area contributed by atoms with Crippen LogP contribution in [0, 0.1) is 11.3 Å². The molecule has 3 unspecified atom stereocenters. The molecule has 19 heavy (non-hydrogen) atoms. The number of rotatable bonds is 4. The predicted molar refractivity (Wildman–Crippen MR) is 83.5 cm³/mol. The van der Waals surface area contributed by atoms with E-state index in [0.29, 0.717) is 5.41 Å². The van der Waals surface area contributed by atoms with E-state index >= 15 is 0 Å². The highest BCUT2D eigenvalue weighted by atomic mass is 32.2. The van der Waals surface area contributed by atoms with Crippen molar-refractivity contribution in [3.63, 3.8) is 0 Å². The number of nitrogens with two attached hydrogens (primary N) is 1. The number of fused-ring (bicyclic) bond motifs is 1. The maximum atomic E-state index is 6.16. The highest BCUT2D eigenvalue weighted by Gasteiger charge is 2.40. The molecule has 1 fully saturated rings. The van der Waals surface area contributed by atoms with Gasteiger partial charge >= 0.3 is 0 Å². The SMILES string of the molecule is CCC1CCC(CN)(CC2Cc3ccccc3S2)C1. The third kappa shape index (κ3) is 2.71. The summed E-state index contributed by atoms with van der Waals surface area (Å²) in [6, 6.07) is 8.90. The second-order valence-corrected chi connectivity index (χ2v) is 7.82. The molecule has 1 aliphatic heterocycles. The van der Waals surface area contributed by atoms with Gasteiger partial charge in [0.1, 0.15) is 0 Å². The number of thioether (sulfide) groups is 1. The van der Waals surface area contributed by atoms with Crippen molar-refractivity contribution in [2.75, 3.05) is 6.54 Å². The van der Waals surface area contributed by atoms with Crippen LogP contribution in [-0.4, -0.2) is 11.8 Å². The second kappa shape index (κ2) is 5.49. The first-order chi connectivity index (χ1) is 9.24. The van der Waals surface area contributed by atoms with Crippen molar-refractivity contribution in [3.05, 3.63) is 29.8 Å². The molecule has 104 valence electrons. The molecule has 0 amide bonds. The van der Waals surface area contributed by atoms with Gasteiger partial charge in [-0.05, 0) is 61.6 Å². The Balaban J connectivity index is 1.66. The van der Waals surface area contributed by atoms with Gasteiger partial charge in [0.05, 0.1) is 0 Å².